The van der Waals surface area contributed by atoms with E-state index in [1.807, 2.05) is 12.1 Å². The van der Waals surface area contributed by atoms with Gasteiger partial charge in [0, 0.05) is 13.1 Å². The molecule has 2 rings (SSSR count). The van der Waals surface area contributed by atoms with Crippen molar-refractivity contribution in [1.29, 1.82) is 0 Å². The second-order valence-corrected chi connectivity index (χ2v) is 7.10. The Morgan fingerprint density at radius 2 is 1.75 bits per heavy atom. The van der Waals surface area contributed by atoms with Crippen LogP contribution in [-0.4, -0.2) is 38.2 Å². The molecule has 20 heavy (non-hydrogen) atoms. The van der Waals surface area contributed by atoms with Crippen LogP contribution in [0.15, 0.2) is 24.3 Å². The predicted octanol–water partition coefficient (Wildman–Crippen LogP) is 1.85. The predicted molar refractivity (Wildman–Crippen MR) is 80.2 cm³/mol. The van der Waals surface area contributed by atoms with Gasteiger partial charge in [-0.05, 0) is 25.0 Å². The highest BCUT2D eigenvalue weighted by molar-refractivity contribution is 7.89. The maximum atomic E-state index is 12.2. The second kappa shape index (κ2) is 6.95. The quantitative estimate of drug-likeness (QED) is 0.842. The van der Waals surface area contributed by atoms with Gasteiger partial charge in [0.05, 0.1) is 11.4 Å². The van der Waals surface area contributed by atoms with E-state index in [0.29, 0.717) is 24.5 Å². The third kappa shape index (κ3) is 4.11. The number of anilines is 1. The standard InChI is InChI=1S/C14H22N2O3S/c15-13-7-3-4-8-14(13)19-11-12-20(17,18)16-9-5-1-2-6-10-16/h3-4,7-8H,1-2,5-6,9-12,15H2. The second-order valence-electron chi connectivity index (χ2n) is 5.02. The topological polar surface area (TPSA) is 72.6 Å². The van der Waals surface area contributed by atoms with Crippen molar-refractivity contribution in [3.05, 3.63) is 24.3 Å². The molecule has 0 radical (unpaired) electrons. The molecule has 0 saturated carbocycles. The molecule has 0 spiro atoms. The van der Waals surface area contributed by atoms with Crippen LogP contribution in [0.4, 0.5) is 5.69 Å². The minimum atomic E-state index is -3.22. The summed E-state index contributed by atoms with van der Waals surface area (Å²) >= 11 is 0. The molecule has 0 atom stereocenters. The molecule has 2 N–H and O–H groups in total. The maximum Gasteiger partial charge on any atom is 0.217 e. The van der Waals surface area contributed by atoms with Crippen LogP contribution in [0.2, 0.25) is 0 Å². The van der Waals surface area contributed by atoms with E-state index in [-0.39, 0.29) is 12.4 Å². The SMILES string of the molecule is Nc1ccccc1OCCS(=O)(=O)N1CCCCCC1. The summed E-state index contributed by atoms with van der Waals surface area (Å²) in [5.74, 6) is 0.542. The van der Waals surface area contributed by atoms with Crippen molar-refractivity contribution in [3.63, 3.8) is 0 Å². The van der Waals surface area contributed by atoms with Crippen LogP contribution < -0.4 is 10.5 Å². The van der Waals surface area contributed by atoms with Gasteiger partial charge in [0.2, 0.25) is 10.0 Å². The lowest BCUT2D eigenvalue weighted by Gasteiger charge is -2.20. The van der Waals surface area contributed by atoms with Crippen LogP contribution in [0.25, 0.3) is 0 Å². The number of para-hydroxylation sites is 2. The average Bonchev–Trinajstić information content (AvgIpc) is 2.70. The van der Waals surface area contributed by atoms with E-state index in [0.717, 1.165) is 25.7 Å². The normalized spacial score (nSPS) is 17.6. The molecule has 1 saturated heterocycles. The highest BCUT2D eigenvalue weighted by Crippen LogP contribution is 2.20. The number of nitrogen functional groups attached to an aromatic ring is 1. The fraction of sp³-hybridized carbons (Fsp3) is 0.571. The molecule has 0 bridgehead atoms. The Morgan fingerprint density at radius 1 is 1.10 bits per heavy atom. The van der Waals surface area contributed by atoms with E-state index < -0.39 is 10.0 Å². The van der Waals surface area contributed by atoms with Crippen molar-refractivity contribution in [1.82, 2.24) is 4.31 Å². The summed E-state index contributed by atoms with van der Waals surface area (Å²) in [7, 11) is -3.22. The summed E-state index contributed by atoms with van der Waals surface area (Å²) in [6.07, 6.45) is 4.13. The molecule has 0 unspecified atom stereocenters. The Balaban J connectivity index is 1.87. The zero-order valence-electron chi connectivity index (χ0n) is 11.6. The Hall–Kier alpha value is -1.27. The smallest absolute Gasteiger partial charge is 0.217 e. The monoisotopic (exact) mass is 298 g/mol. The molecule has 0 amide bonds. The first kappa shape index (κ1) is 15.1. The van der Waals surface area contributed by atoms with Gasteiger partial charge in [0.25, 0.3) is 0 Å². The van der Waals surface area contributed by atoms with E-state index in [1.165, 1.54) is 0 Å². The highest BCUT2D eigenvalue weighted by atomic mass is 32.2. The molecule has 1 aromatic carbocycles. The van der Waals surface area contributed by atoms with Gasteiger partial charge >= 0.3 is 0 Å². The van der Waals surface area contributed by atoms with Crippen LogP contribution in [0, 0.1) is 0 Å². The average molecular weight is 298 g/mol. The van der Waals surface area contributed by atoms with Crippen molar-refractivity contribution in [2.45, 2.75) is 25.7 Å². The first-order chi connectivity index (χ1) is 9.59. The van der Waals surface area contributed by atoms with Crippen molar-refractivity contribution < 1.29 is 13.2 Å². The van der Waals surface area contributed by atoms with Gasteiger partial charge in [-0.1, -0.05) is 25.0 Å². The highest BCUT2D eigenvalue weighted by Gasteiger charge is 2.22. The van der Waals surface area contributed by atoms with Gasteiger partial charge in [-0.25, -0.2) is 12.7 Å². The summed E-state index contributed by atoms with van der Waals surface area (Å²) in [6.45, 7) is 1.40. The molecule has 1 heterocycles. The van der Waals surface area contributed by atoms with Crippen molar-refractivity contribution in [3.8, 4) is 5.75 Å². The number of hydrogen-bond acceptors (Lipinski definition) is 4. The van der Waals surface area contributed by atoms with E-state index in [2.05, 4.69) is 0 Å². The number of ether oxygens (including phenoxy) is 1. The van der Waals surface area contributed by atoms with E-state index >= 15 is 0 Å². The van der Waals surface area contributed by atoms with Crippen molar-refractivity contribution >= 4 is 15.7 Å². The lowest BCUT2D eigenvalue weighted by Crippen LogP contribution is -2.35. The van der Waals surface area contributed by atoms with Gasteiger partial charge in [-0.3, -0.25) is 0 Å². The first-order valence-corrected chi connectivity index (χ1v) is 8.66. The third-order valence-corrected chi connectivity index (χ3v) is 5.31. The van der Waals surface area contributed by atoms with Crippen molar-refractivity contribution in [2.24, 2.45) is 0 Å². The summed E-state index contributed by atoms with van der Waals surface area (Å²) in [4.78, 5) is 0. The van der Waals surface area contributed by atoms with E-state index in [4.69, 9.17) is 10.5 Å². The minimum absolute atomic E-state index is 0.00132. The van der Waals surface area contributed by atoms with Gasteiger partial charge in [0.1, 0.15) is 12.4 Å². The molecular formula is C14H22N2O3S. The molecule has 1 aromatic rings. The number of hydrogen-bond donors (Lipinski definition) is 1. The Bertz CT molecular complexity index is 523. The first-order valence-electron chi connectivity index (χ1n) is 7.05. The largest absolute Gasteiger partial charge is 0.490 e. The fourth-order valence-electron chi connectivity index (χ4n) is 2.32. The van der Waals surface area contributed by atoms with Gasteiger partial charge < -0.3 is 10.5 Å². The summed E-state index contributed by atoms with van der Waals surface area (Å²) in [6, 6.07) is 7.11. The van der Waals surface area contributed by atoms with Crippen LogP contribution in [0.3, 0.4) is 0 Å². The molecule has 1 aliphatic heterocycles. The number of sulfonamides is 1. The Morgan fingerprint density at radius 3 is 2.40 bits per heavy atom. The van der Waals surface area contributed by atoms with Crippen LogP contribution >= 0.6 is 0 Å². The Labute approximate surface area is 120 Å². The fourth-order valence-corrected chi connectivity index (χ4v) is 3.68. The van der Waals surface area contributed by atoms with E-state index in [1.54, 1.807) is 16.4 Å². The zero-order chi connectivity index (χ0) is 14.4. The molecule has 6 heteroatoms. The van der Waals surface area contributed by atoms with Crippen LogP contribution in [0.5, 0.6) is 5.75 Å². The maximum absolute atomic E-state index is 12.2. The lowest BCUT2D eigenvalue weighted by molar-refractivity contribution is 0.336. The molecule has 1 fully saturated rings. The summed E-state index contributed by atoms with van der Waals surface area (Å²) in [5, 5.41) is 0. The van der Waals surface area contributed by atoms with E-state index in [9.17, 15) is 8.42 Å². The minimum Gasteiger partial charge on any atom is -0.490 e. The summed E-state index contributed by atoms with van der Waals surface area (Å²) < 4.78 is 31.5. The zero-order valence-corrected chi connectivity index (χ0v) is 12.4. The van der Waals surface area contributed by atoms with Gasteiger partial charge in [-0.15, -0.1) is 0 Å². The van der Waals surface area contributed by atoms with Crippen molar-refractivity contribution in [2.75, 3.05) is 31.2 Å². The number of nitrogens with zero attached hydrogens (tertiary/aromatic N) is 1. The van der Waals surface area contributed by atoms with Gasteiger partial charge in [0.15, 0.2) is 0 Å². The molecule has 5 nitrogen and oxygen atoms in total. The summed E-state index contributed by atoms with van der Waals surface area (Å²) in [5.41, 5.74) is 6.28. The Kier molecular flexibility index (Phi) is 5.25. The van der Waals surface area contributed by atoms with Crippen LogP contribution in [0.1, 0.15) is 25.7 Å². The van der Waals surface area contributed by atoms with Crippen LogP contribution in [-0.2, 0) is 10.0 Å². The molecule has 1 aliphatic rings. The van der Waals surface area contributed by atoms with Gasteiger partial charge in [-0.2, -0.15) is 0 Å². The molecule has 112 valence electrons. The molecule has 0 aromatic heterocycles. The number of nitrogens with two attached hydrogens (primary N) is 1. The third-order valence-electron chi connectivity index (χ3n) is 3.48. The molecular weight excluding hydrogens is 276 g/mol. The number of benzene rings is 1. The number of rotatable bonds is 5. The lowest BCUT2D eigenvalue weighted by atomic mass is 10.2. The molecule has 0 aliphatic carbocycles.